The lowest BCUT2D eigenvalue weighted by Crippen LogP contribution is -3.00. The molecule has 0 aliphatic heterocycles. The second-order valence-corrected chi connectivity index (χ2v) is 11.0. The molecule has 6 heteroatoms. The van der Waals surface area contributed by atoms with E-state index in [1.54, 1.807) is 0 Å². The van der Waals surface area contributed by atoms with Crippen molar-refractivity contribution in [2.24, 2.45) is 0 Å². The average Bonchev–Trinajstić information content (AvgIpc) is 2.69. The number of unbranched alkanes of at least 4 members (excludes halogenated alkanes) is 11. The van der Waals surface area contributed by atoms with Gasteiger partial charge in [0.15, 0.2) is 0 Å². The molecule has 0 fully saturated rings. The van der Waals surface area contributed by atoms with E-state index >= 15 is 0 Å². The number of ether oxygens (including phenoxy) is 1. The first kappa shape index (κ1) is 37.3. The fourth-order valence-corrected chi connectivity index (χ4v) is 3.50. The molecule has 33 heavy (non-hydrogen) atoms. The number of likely N-dealkylation sites (N-methyl/N-ethyl adjacent to an activating group) is 2. The van der Waals surface area contributed by atoms with Gasteiger partial charge in [0.1, 0.15) is 26.2 Å². The molecule has 0 aromatic heterocycles. The molecule has 0 saturated heterocycles. The van der Waals surface area contributed by atoms with Crippen molar-refractivity contribution in [3.8, 4) is 0 Å². The van der Waals surface area contributed by atoms with E-state index in [0.717, 1.165) is 41.4 Å². The number of quaternary nitrogens is 2. The van der Waals surface area contributed by atoms with Crippen LogP contribution in [-0.4, -0.2) is 76.4 Å². The molecular formula is C27H57Cl2N2O2+. The molecule has 0 aliphatic rings. The molecule has 0 amide bonds. The predicted octanol–water partition coefficient (Wildman–Crippen LogP) is 3.78. The van der Waals surface area contributed by atoms with Crippen molar-refractivity contribution < 1.29 is 30.9 Å². The molecule has 0 aromatic carbocycles. The Morgan fingerprint density at radius 1 is 0.697 bits per heavy atom. The molecule has 0 N–H and O–H groups in total. The lowest BCUT2D eigenvalue weighted by Gasteiger charge is -2.33. The molecule has 0 bridgehead atoms. The number of nitrogens with zero attached hydrogens (tertiary/aromatic N) is 2. The topological polar surface area (TPSA) is 26.3 Å². The molecule has 0 aliphatic carbocycles. The van der Waals surface area contributed by atoms with Gasteiger partial charge in [-0.25, -0.2) is 0 Å². The van der Waals surface area contributed by atoms with Gasteiger partial charge in [0.25, 0.3) is 0 Å². The molecule has 0 radical (unpaired) electrons. The normalized spacial score (nSPS) is 11.8. The number of esters is 1. The van der Waals surface area contributed by atoms with Crippen LogP contribution in [0.25, 0.3) is 0 Å². The van der Waals surface area contributed by atoms with E-state index in [0.29, 0.717) is 13.0 Å². The molecule has 0 unspecified atom stereocenters. The van der Waals surface area contributed by atoms with Crippen molar-refractivity contribution in [1.29, 1.82) is 0 Å². The van der Waals surface area contributed by atoms with Gasteiger partial charge in [-0.15, -0.1) is 12.4 Å². The predicted molar refractivity (Wildman–Crippen MR) is 142 cm³/mol. The second kappa shape index (κ2) is 23.5. The summed E-state index contributed by atoms with van der Waals surface area (Å²) < 4.78 is 7.33. The van der Waals surface area contributed by atoms with Crippen LogP contribution in [0, 0.1) is 0 Å². The maximum atomic E-state index is 11.9. The smallest absolute Gasteiger partial charge is 0.305 e. The fourth-order valence-electron chi connectivity index (χ4n) is 3.50. The number of rotatable bonds is 21. The van der Waals surface area contributed by atoms with Crippen molar-refractivity contribution in [2.45, 2.75) is 96.8 Å². The average molecular weight is 513 g/mol. The van der Waals surface area contributed by atoms with E-state index < -0.39 is 0 Å². The summed E-state index contributed by atoms with van der Waals surface area (Å²) >= 11 is 0. The minimum atomic E-state index is -0.0239. The van der Waals surface area contributed by atoms with Crippen molar-refractivity contribution in [3.05, 3.63) is 12.2 Å². The standard InChI is InChI=1S/C27H56N2O2.2ClH/c1-7-8-9-10-11-12-13-14-15-16-17-18-19-20-21-22-27(30)31-26-25-29(5,6)24-23-28(2,3)4;;/h14-15H,7-13,16-26H2,1-6H3;2*1H/q+2;;/p-1/b15-14-;;. The first-order valence-corrected chi connectivity index (χ1v) is 13.1. The quantitative estimate of drug-likeness (QED) is 0.101. The third-order valence-electron chi connectivity index (χ3n) is 5.98. The highest BCUT2D eigenvalue weighted by molar-refractivity contribution is 5.85. The summed E-state index contributed by atoms with van der Waals surface area (Å²) in [5.74, 6) is -0.0239. The van der Waals surface area contributed by atoms with Gasteiger partial charge >= 0.3 is 5.97 Å². The number of hydrogen-bond donors (Lipinski definition) is 0. The van der Waals surface area contributed by atoms with Crippen LogP contribution in [-0.2, 0) is 9.53 Å². The van der Waals surface area contributed by atoms with Crippen LogP contribution in [0.5, 0.6) is 0 Å². The molecule has 0 aromatic rings. The number of allylic oxidation sites excluding steroid dienone is 2. The van der Waals surface area contributed by atoms with E-state index in [-0.39, 0.29) is 30.8 Å². The number of carbonyl (C=O) groups excluding carboxylic acids is 1. The van der Waals surface area contributed by atoms with Crippen LogP contribution in [0.3, 0.4) is 0 Å². The third-order valence-corrected chi connectivity index (χ3v) is 5.98. The molecule has 0 heterocycles. The Labute approximate surface area is 219 Å². The summed E-state index contributed by atoms with van der Waals surface area (Å²) in [4.78, 5) is 11.9. The Balaban J connectivity index is -0.00000450. The van der Waals surface area contributed by atoms with Gasteiger partial charge in [-0.3, -0.25) is 4.79 Å². The van der Waals surface area contributed by atoms with E-state index in [4.69, 9.17) is 4.74 Å². The van der Waals surface area contributed by atoms with Gasteiger partial charge in [0, 0.05) is 6.42 Å². The van der Waals surface area contributed by atoms with Crippen molar-refractivity contribution >= 4 is 18.4 Å². The lowest BCUT2D eigenvalue weighted by atomic mass is 10.1. The number of halogens is 2. The maximum Gasteiger partial charge on any atom is 0.305 e. The Bertz CT molecular complexity index is 464. The van der Waals surface area contributed by atoms with Crippen LogP contribution >= 0.6 is 12.4 Å². The highest BCUT2D eigenvalue weighted by atomic mass is 35.5. The van der Waals surface area contributed by atoms with Crippen LogP contribution < -0.4 is 12.4 Å². The minimum Gasteiger partial charge on any atom is -1.00 e. The van der Waals surface area contributed by atoms with Crippen molar-refractivity contribution in [2.75, 3.05) is 61.5 Å². The molecule has 4 nitrogen and oxygen atoms in total. The van der Waals surface area contributed by atoms with Crippen LogP contribution in [0.15, 0.2) is 12.2 Å². The molecule has 0 spiro atoms. The van der Waals surface area contributed by atoms with Gasteiger partial charge in [-0.2, -0.15) is 0 Å². The molecule has 0 rings (SSSR count). The van der Waals surface area contributed by atoms with E-state index in [1.165, 1.54) is 70.6 Å². The summed E-state index contributed by atoms with van der Waals surface area (Å²) in [6, 6.07) is 0. The Kier molecular flexibility index (Phi) is 26.5. The van der Waals surface area contributed by atoms with Gasteiger partial charge < -0.3 is 26.1 Å². The maximum absolute atomic E-state index is 11.9. The summed E-state index contributed by atoms with van der Waals surface area (Å²) in [7, 11) is 11.1. The Morgan fingerprint density at radius 3 is 1.70 bits per heavy atom. The monoisotopic (exact) mass is 511 g/mol. The van der Waals surface area contributed by atoms with Crippen molar-refractivity contribution in [1.82, 2.24) is 0 Å². The zero-order valence-electron chi connectivity index (χ0n) is 22.9. The van der Waals surface area contributed by atoms with E-state index in [1.807, 2.05) is 0 Å². The number of hydrogen-bond acceptors (Lipinski definition) is 2. The SMILES string of the molecule is CCCCCCCC/C=C\CCCCCCCC(=O)OCC[N+](C)(C)CC[N+](C)(C)C.Cl.[Cl-]. The van der Waals surface area contributed by atoms with Gasteiger partial charge in [-0.05, 0) is 32.1 Å². The Morgan fingerprint density at radius 2 is 1.18 bits per heavy atom. The fraction of sp³-hybridized carbons (Fsp3) is 0.889. The van der Waals surface area contributed by atoms with E-state index in [2.05, 4.69) is 54.3 Å². The first-order valence-electron chi connectivity index (χ1n) is 13.1. The zero-order valence-corrected chi connectivity index (χ0v) is 24.5. The van der Waals surface area contributed by atoms with Gasteiger partial charge in [0.2, 0.25) is 0 Å². The Hall–Kier alpha value is -0.290. The lowest BCUT2D eigenvalue weighted by molar-refractivity contribution is -0.937. The third kappa shape index (κ3) is 29.7. The highest BCUT2D eigenvalue weighted by Gasteiger charge is 2.20. The molecular weight excluding hydrogens is 455 g/mol. The molecule has 200 valence electrons. The summed E-state index contributed by atoms with van der Waals surface area (Å²) in [6.45, 7) is 5.91. The van der Waals surface area contributed by atoms with Crippen LogP contribution in [0.4, 0.5) is 0 Å². The second-order valence-electron chi connectivity index (χ2n) is 11.0. The minimum absolute atomic E-state index is 0. The summed E-state index contributed by atoms with van der Waals surface area (Å²) in [6.07, 6.45) is 21.9. The highest BCUT2D eigenvalue weighted by Crippen LogP contribution is 2.10. The van der Waals surface area contributed by atoms with E-state index in [9.17, 15) is 4.79 Å². The number of carbonyl (C=O) groups is 1. The summed E-state index contributed by atoms with van der Waals surface area (Å²) in [5.41, 5.74) is 0. The largest absolute Gasteiger partial charge is 1.00 e. The zero-order chi connectivity index (χ0) is 23.4. The van der Waals surface area contributed by atoms with Crippen molar-refractivity contribution in [3.63, 3.8) is 0 Å². The van der Waals surface area contributed by atoms with Crippen LogP contribution in [0.1, 0.15) is 96.8 Å². The molecule has 0 atom stereocenters. The molecule has 0 saturated carbocycles. The summed E-state index contributed by atoms with van der Waals surface area (Å²) in [5, 5.41) is 0. The first-order chi connectivity index (χ1) is 14.7. The van der Waals surface area contributed by atoms with Crippen LogP contribution in [0.2, 0.25) is 0 Å². The van der Waals surface area contributed by atoms with Gasteiger partial charge in [0.05, 0.1) is 35.2 Å². The van der Waals surface area contributed by atoms with Gasteiger partial charge in [-0.1, -0.05) is 70.4 Å².